The van der Waals surface area contributed by atoms with Crippen LogP contribution >= 0.6 is 11.3 Å². The van der Waals surface area contributed by atoms with E-state index in [-0.39, 0.29) is 11.7 Å². The highest BCUT2D eigenvalue weighted by atomic mass is 32.1. The van der Waals surface area contributed by atoms with E-state index < -0.39 is 0 Å². The van der Waals surface area contributed by atoms with Gasteiger partial charge in [-0.3, -0.25) is 14.6 Å². The van der Waals surface area contributed by atoms with Crippen LogP contribution in [-0.2, 0) is 6.54 Å². The fourth-order valence-electron chi connectivity index (χ4n) is 3.41. The monoisotopic (exact) mass is 427 g/mol. The third-order valence-electron chi connectivity index (χ3n) is 4.97. The fraction of sp³-hybridized carbons (Fsp3) is 0.0400. The zero-order valence-electron chi connectivity index (χ0n) is 16.4. The molecule has 6 heteroatoms. The van der Waals surface area contributed by atoms with Gasteiger partial charge in [-0.1, -0.05) is 47.7 Å². The smallest absolute Gasteiger partial charge is 0.215 e. The summed E-state index contributed by atoms with van der Waals surface area (Å²) in [5.41, 5.74) is 2.78. The van der Waals surface area contributed by atoms with Crippen molar-refractivity contribution in [1.82, 2.24) is 4.57 Å². The molecule has 152 valence electrons. The van der Waals surface area contributed by atoms with Gasteiger partial charge in [-0.05, 0) is 59.3 Å². The summed E-state index contributed by atoms with van der Waals surface area (Å²) in [4.78, 5) is 10.4. The van der Waals surface area contributed by atoms with Gasteiger partial charge in [-0.25, -0.2) is 4.39 Å². The number of hydrogen-bond acceptors (Lipinski definition) is 4. The normalized spacial score (nSPS) is 13.5. The topological polar surface area (TPSA) is 49.9 Å². The second-order valence-electron chi connectivity index (χ2n) is 7.09. The fourth-order valence-corrected chi connectivity index (χ4v) is 4.40. The van der Waals surface area contributed by atoms with Crippen LogP contribution in [-0.4, -0.2) is 9.67 Å². The molecular formula is C25H18FN3OS. The van der Waals surface area contributed by atoms with Crippen LogP contribution in [0.2, 0.25) is 0 Å². The summed E-state index contributed by atoms with van der Waals surface area (Å²) in [6, 6.07) is 21.9. The minimum atomic E-state index is -0.272. The Bertz CT molecular complexity index is 1470. The van der Waals surface area contributed by atoms with Crippen LogP contribution in [0.3, 0.4) is 0 Å². The van der Waals surface area contributed by atoms with Crippen LogP contribution in [0.1, 0.15) is 16.0 Å². The van der Waals surface area contributed by atoms with E-state index in [1.165, 1.54) is 23.5 Å². The molecule has 0 bridgehead atoms. The average molecular weight is 428 g/mol. The van der Waals surface area contributed by atoms with Crippen molar-refractivity contribution in [1.29, 1.82) is 0 Å². The van der Waals surface area contributed by atoms with Gasteiger partial charge in [-0.15, -0.1) is 0 Å². The Morgan fingerprint density at radius 2 is 1.84 bits per heavy atom. The zero-order chi connectivity index (χ0) is 21.2. The molecule has 0 aliphatic carbocycles. The van der Waals surface area contributed by atoms with Crippen molar-refractivity contribution < 1.29 is 9.50 Å². The molecule has 1 aliphatic heterocycles. The Balaban J connectivity index is 1.62. The summed E-state index contributed by atoms with van der Waals surface area (Å²) in [7, 11) is 0. The molecule has 0 saturated carbocycles. The van der Waals surface area contributed by atoms with Gasteiger partial charge in [0.1, 0.15) is 5.82 Å². The first kappa shape index (κ1) is 19.2. The molecule has 1 N–H and O–H groups in total. The number of rotatable bonds is 4. The third kappa shape index (κ3) is 3.98. The molecule has 31 heavy (non-hydrogen) atoms. The lowest BCUT2D eigenvalue weighted by molar-refractivity contribution is 0.439. The molecule has 2 heterocycles. The summed E-state index contributed by atoms with van der Waals surface area (Å²) in [6.07, 6.45) is 5.70. The number of thiazole rings is 1. The molecule has 0 atom stereocenters. The highest BCUT2D eigenvalue weighted by molar-refractivity contribution is 7.10. The van der Waals surface area contributed by atoms with Crippen molar-refractivity contribution in [3.05, 3.63) is 116 Å². The van der Waals surface area contributed by atoms with Crippen LogP contribution in [0.5, 0.6) is 5.88 Å². The molecule has 0 fully saturated rings. The maximum absolute atomic E-state index is 13.2. The first-order valence-electron chi connectivity index (χ1n) is 9.79. The first-order valence-corrected chi connectivity index (χ1v) is 10.6. The molecule has 4 nitrogen and oxygen atoms in total. The zero-order valence-corrected chi connectivity index (χ0v) is 17.3. The van der Waals surface area contributed by atoms with Gasteiger partial charge in [0.25, 0.3) is 0 Å². The van der Waals surface area contributed by atoms with Gasteiger partial charge in [0.15, 0.2) is 4.80 Å². The summed E-state index contributed by atoms with van der Waals surface area (Å²) in [6.45, 7) is 0.387. The van der Waals surface area contributed by atoms with Gasteiger partial charge in [-0.2, -0.15) is 0 Å². The van der Waals surface area contributed by atoms with Crippen molar-refractivity contribution in [3.8, 4) is 11.6 Å². The number of para-hydroxylation sites is 1. The van der Waals surface area contributed by atoms with Crippen molar-refractivity contribution in [2.45, 2.75) is 6.54 Å². The predicted molar refractivity (Wildman–Crippen MR) is 121 cm³/mol. The Kier molecular flexibility index (Phi) is 5.06. The minimum absolute atomic E-state index is 0.134. The Morgan fingerprint density at radius 3 is 2.65 bits per heavy atom. The molecule has 0 amide bonds. The second kappa shape index (κ2) is 8.16. The van der Waals surface area contributed by atoms with Crippen molar-refractivity contribution in [3.63, 3.8) is 0 Å². The Labute approximate surface area is 181 Å². The van der Waals surface area contributed by atoms with Crippen LogP contribution in [0, 0.1) is 5.82 Å². The van der Waals surface area contributed by atoms with Gasteiger partial charge in [0.05, 0.1) is 22.5 Å². The Hall–Kier alpha value is -3.77. The second-order valence-corrected chi connectivity index (χ2v) is 8.10. The molecule has 3 aromatic carbocycles. The summed E-state index contributed by atoms with van der Waals surface area (Å²) >= 11 is 1.41. The number of aromatic nitrogens is 1. The van der Waals surface area contributed by atoms with E-state index >= 15 is 0 Å². The van der Waals surface area contributed by atoms with Gasteiger partial charge >= 0.3 is 0 Å². The van der Waals surface area contributed by atoms with E-state index in [9.17, 15) is 9.50 Å². The van der Waals surface area contributed by atoms with E-state index in [4.69, 9.17) is 4.99 Å². The van der Waals surface area contributed by atoms with Crippen LogP contribution in [0.25, 0.3) is 17.8 Å². The van der Waals surface area contributed by atoms with Crippen LogP contribution < -0.4 is 15.4 Å². The number of fused-ring (bicyclic) bond motifs is 1. The van der Waals surface area contributed by atoms with Crippen molar-refractivity contribution >= 4 is 23.5 Å². The molecular weight excluding hydrogens is 409 g/mol. The molecule has 0 radical (unpaired) electrons. The lowest BCUT2D eigenvalue weighted by Crippen LogP contribution is -2.12. The number of nitrogens with zero attached hydrogens (tertiary/aromatic N) is 3. The van der Waals surface area contributed by atoms with Crippen molar-refractivity contribution in [2.75, 3.05) is 0 Å². The van der Waals surface area contributed by atoms with Crippen molar-refractivity contribution in [2.24, 2.45) is 9.98 Å². The lowest BCUT2D eigenvalue weighted by atomic mass is 10.2. The number of hydrogen-bond donors (Lipinski definition) is 1. The molecule has 4 aromatic rings. The largest absolute Gasteiger partial charge is 0.493 e. The molecule has 5 rings (SSSR count). The number of aromatic hydroxyl groups is 1. The van der Waals surface area contributed by atoms with Gasteiger partial charge in [0.2, 0.25) is 5.88 Å². The van der Waals surface area contributed by atoms with Gasteiger partial charge < -0.3 is 5.11 Å². The minimum Gasteiger partial charge on any atom is -0.493 e. The summed E-state index contributed by atoms with van der Waals surface area (Å²) in [5.74, 6) is -0.138. The standard InChI is InChI=1S/C25H18FN3OS/c26-20-9-6-17(7-10-20)16-28-25-29(21-4-2-1-3-5-21)24(30)23(31-25)15-18-8-11-22-19(14-18)12-13-27-22/h1-15,30H,16H2. The molecule has 1 aliphatic rings. The van der Waals surface area contributed by atoms with Crippen LogP contribution in [0.15, 0.2) is 89.0 Å². The van der Waals surface area contributed by atoms with E-state index in [1.807, 2.05) is 60.7 Å². The first-order chi connectivity index (χ1) is 15.2. The molecule has 1 aromatic heterocycles. The average Bonchev–Trinajstić information content (AvgIpc) is 3.38. The number of halogens is 1. The quantitative estimate of drug-likeness (QED) is 0.527. The van der Waals surface area contributed by atoms with E-state index in [0.717, 1.165) is 27.4 Å². The van der Waals surface area contributed by atoms with E-state index in [1.54, 1.807) is 22.9 Å². The van der Waals surface area contributed by atoms with E-state index in [2.05, 4.69) is 4.99 Å². The predicted octanol–water partition coefficient (Wildman–Crippen LogP) is 3.92. The molecule has 0 unspecified atom stereocenters. The number of benzene rings is 3. The summed E-state index contributed by atoms with van der Waals surface area (Å²) < 4.78 is 14.9. The lowest BCUT2D eigenvalue weighted by Gasteiger charge is -2.05. The molecule has 0 spiro atoms. The van der Waals surface area contributed by atoms with E-state index in [0.29, 0.717) is 16.2 Å². The Morgan fingerprint density at radius 1 is 1.03 bits per heavy atom. The summed E-state index contributed by atoms with van der Waals surface area (Å²) in [5, 5.41) is 13.0. The maximum Gasteiger partial charge on any atom is 0.215 e. The SMILES string of the molecule is Oc1c(C=c2ccc3c(c2)C=CN=3)sc(=NCc2ccc(F)cc2)n1-c1ccccc1. The van der Waals surface area contributed by atoms with Gasteiger partial charge in [0, 0.05) is 11.8 Å². The van der Waals surface area contributed by atoms with Crippen LogP contribution in [0.4, 0.5) is 4.39 Å². The highest BCUT2D eigenvalue weighted by Crippen LogP contribution is 2.24. The molecule has 0 saturated heterocycles. The highest BCUT2D eigenvalue weighted by Gasteiger charge is 2.12. The maximum atomic E-state index is 13.2. The third-order valence-corrected chi connectivity index (χ3v) is 5.98.